The first-order valence-electron chi connectivity index (χ1n) is 6.33. The van der Waals surface area contributed by atoms with Crippen molar-refractivity contribution in [1.82, 2.24) is 4.90 Å². The molecule has 3 nitrogen and oxygen atoms in total. The number of piperidine rings is 1. The van der Waals surface area contributed by atoms with E-state index in [-0.39, 0.29) is 0 Å². The smallest absolute Gasteiger partial charge is 0.0478 e. The Morgan fingerprint density at radius 3 is 2.87 bits per heavy atom. The third-order valence-corrected chi connectivity index (χ3v) is 3.38. The highest BCUT2D eigenvalue weighted by Gasteiger charge is 2.25. The Labute approximate surface area is 94.0 Å². The van der Waals surface area contributed by atoms with Gasteiger partial charge >= 0.3 is 0 Å². The van der Waals surface area contributed by atoms with E-state index in [1.165, 1.54) is 19.3 Å². The first-order chi connectivity index (χ1) is 7.29. The van der Waals surface area contributed by atoms with Crippen molar-refractivity contribution in [3.63, 3.8) is 0 Å². The van der Waals surface area contributed by atoms with Crippen LogP contribution in [0.15, 0.2) is 0 Å². The summed E-state index contributed by atoms with van der Waals surface area (Å²) in [5.41, 5.74) is 5.81. The molecule has 1 rings (SSSR count). The van der Waals surface area contributed by atoms with Crippen molar-refractivity contribution < 1.29 is 4.74 Å². The molecule has 1 heterocycles. The zero-order chi connectivity index (χ0) is 11.1. The highest BCUT2D eigenvalue weighted by Crippen LogP contribution is 2.22. The van der Waals surface area contributed by atoms with Gasteiger partial charge in [-0.05, 0) is 33.1 Å². The van der Waals surface area contributed by atoms with Crippen LogP contribution in [0.5, 0.6) is 0 Å². The summed E-state index contributed by atoms with van der Waals surface area (Å²) >= 11 is 0. The fourth-order valence-electron chi connectivity index (χ4n) is 2.49. The molecule has 2 unspecified atom stereocenters. The highest BCUT2D eigenvalue weighted by atomic mass is 16.5. The summed E-state index contributed by atoms with van der Waals surface area (Å²) in [6, 6.07) is 1.31. The average molecular weight is 214 g/mol. The maximum atomic E-state index is 5.81. The maximum absolute atomic E-state index is 5.81. The van der Waals surface area contributed by atoms with Crippen molar-refractivity contribution in [2.24, 2.45) is 5.73 Å². The number of nitrogens with two attached hydrogens (primary N) is 1. The lowest BCUT2D eigenvalue weighted by molar-refractivity contribution is 0.0755. The minimum absolute atomic E-state index is 0.607. The Morgan fingerprint density at radius 1 is 1.40 bits per heavy atom. The minimum atomic E-state index is 0.607. The monoisotopic (exact) mass is 214 g/mol. The van der Waals surface area contributed by atoms with Crippen molar-refractivity contribution in [2.45, 2.75) is 51.6 Å². The van der Waals surface area contributed by atoms with Crippen LogP contribution in [0.2, 0.25) is 0 Å². The van der Waals surface area contributed by atoms with E-state index in [0.29, 0.717) is 12.1 Å². The van der Waals surface area contributed by atoms with Crippen LogP contribution in [0.1, 0.15) is 39.5 Å². The molecule has 0 aliphatic carbocycles. The zero-order valence-corrected chi connectivity index (χ0v) is 10.2. The normalized spacial score (nSPS) is 28.2. The molecule has 0 amide bonds. The molecule has 3 heteroatoms. The summed E-state index contributed by atoms with van der Waals surface area (Å²) in [5, 5.41) is 0. The van der Waals surface area contributed by atoms with E-state index in [1.807, 2.05) is 6.92 Å². The van der Waals surface area contributed by atoms with Crippen LogP contribution >= 0.6 is 0 Å². The molecular weight excluding hydrogens is 188 g/mol. The average Bonchev–Trinajstić information content (AvgIpc) is 2.26. The van der Waals surface area contributed by atoms with Crippen molar-refractivity contribution >= 4 is 0 Å². The lowest BCUT2D eigenvalue weighted by atomic mass is 9.96. The highest BCUT2D eigenvalue weighted by molar-refractivity contribution is 4.82. The third kappa shape index (κ3) is 4.09. The third-order valence-electron chi connectivity index (χ3n) is 3.38. The molecule has 1 fully saturated rings. The van der Waals surface area contributed by atoms with Gasteiger partial charge in [-0.1, -0.05) is 6.42 Å². The van der Waals surface area contributed by atoms with Crippen LogP contribution < -0.4 is 5.73 Å². The minimum Gasteiger partial charge on any atom is -0.382 e. The standard InChI is InChI=1S/C12H26N2O/c1-3-15-9-5-8-14-11(2)6-4-7-12(14)10-13/h11-12H,3-10,13H2,1-2H3. The quantitative estimate of drug-likeness (QED) is 0.683. The number of rotatable bonds is 6. The molecule has 0 saturated carbocycles. The van der Waals surface area contributed by atoms with Gasteiger partial charge in [-0.15, -0.1) is 0 Å². The van der Waals surface area contributed by atoms with Crippen molar-refractivity contribution in [3.05, 3.63) is 0 Å². The lowest BCUT2D eigenvalue weighted by Gasteiger charge is -2.40. The van der Waals surface area contributed by atoms with E-state index in [2.05, 4.69) is 11.8 Å². The number of ether oxygens (including phenoxy) is 1. The summed E-state index contributed by atoms with van der Waals surface area (Å²) < 4.78 is 5.37. The Bertz CT molecular complexity index is 164. The van der Waals surface area contributed by atoms with E-state index in [0.717, 1.165) is 32.7 Å². The summed E-state index contributed by atoms with van der Waals surface area (Å²) in [6.07, 6.45) is 5.07. The largest absolute Gasteiger partial charge is 0.382 e. The van der Waals surface area contributed by atoms with Gasteiger partial charge in [-0.25, -0.2) is 0 Å². The number of likely N-dealkylation sites (tertiary alicyclic amines) is 1. The summed E-state index contributed by atoms with van der Waals surface area (Å²) in [5.74, 6) is 0. The van der Waals surface area contributed by atoms with Gasteiger partial charge < -0.3 is 10.5 Å². The molecule has 0 spiro atoms. The van der Waals surface area contributed by atoms with E-state index < -0.39 is 0 Å². The molecule has 0 aromatic carbocycles. The molecule has 0 bridgehead atoms. The Morgan fingerprint density at radius 2 is 2.20 bits per heavy atom. The first kappa shape index (κ1) is 12.9. The van der Waals surface area contributed by atoms with Gasteiger partial charge in [0.2, 0.25) is 0 Å². The molecule has 15 heavy (non-hydrogen) atoms. The van der Waals surface area contributed by atoms with Gasteiger partial charge in [-0.3, -0.25) is 4.90 Å². The van der Waals surface area contributed by atoms with Gasteiger partial charge in [0.05, 0.1) is 0 Å². The molecule has 1 aliphatic rings. The van der Waals surface area contributed by atoms with Gasteiger partial charge in [0.15, 0.2) is 0 Å². The van der Waals surface area contributed by atoms with Crippen molar-refractivity contribution in [1.29, 1.82) is 0 Å². The SMILES string of the molecule is CCOCCCN1C(C)CCCC1CN. The predicted molar refractivity (Wildman–Crippen MR) is 64.0 cm³/mol. The summed E-state index contributed by atoms with van der Waals surface area (Å²) in [6.45, 7) is 8.03. The summed E-state index contributed by atoms with van der Waals surface area (Å²) in [7, 11) is 0. The fraction of sp³-hybridized carbons (Fsp3) is 1.00. The Balaban J connectivity index is 2.27. The second-order valence-electron chi connectivity index (χ2n) is 4.46. The maximum Gasteiger partial charge on any atom is 0.0478 e. The predicted octanol–water partition coefficient (Wildman–Crippen LogP) is 1.61. The second-order valence-corrected chi connectivity index (χ2v) is 4.46. The first-order valence-corrected chi connectivity index (χ1v) is 6.33. The number of hydrogen-bond donors (Lipinski definition) is 1. The van der Waals surface area contributed by atoms with Gasteiger partial charge in [-0.2, -0.15) is 0 Å². The number of hydrogen-bond acceptors (Lipinski definition) is 3. The molecule has 90 valence electrons. The van der Waals surface area contributed by atoms with Gasteiger partial charge in [0.1, 0.15) is 0 Å². The fourth-order valence-corrected chi connectivity index (χ4v) is 2.49. The van der Waals surface area contributed by atoms with Crippen LogP contribution in [0.25, 0.3) is 0 Å². The number of nitrogens with zero attached hydrogens (tertiary/aromatic N) is 1. The van der Waals surface area contributed by atoms with E-state index >= 15 is 0 Å². The van der Waals surface area contributed by atoms with Crippen LogP contribution in [0.3, 0.4) is 0 Å². The van der Waals surface area contributed by atoms with Crippen molar-refractivity contribution in [2.75, 3.05) is 26.3 Å². The molecule has 1 saturated heterocycles. The lowest BCUT2D eigenvalue weighted by Crippen LogP contribution is -2.49. The van der Waals surface area contributed by atoms with Gasteiger partial charge in [0, 0.05) is 38.4 Å². The Kier molecular flexibility index (Phi) is 6.22. The molecule has 0 aromatic heterocycles. The molecule has 2 N–H and O–H groups in total. The molecule has 0 radical (unpaired) electrons. The zero-order valence-electron chi connectivity index (χ0n) is 10.2. The molecule has 1 aliphatic heterocycles. The second kappa shape index (κ2) is 7.20. The van der Waals surface area contributed by atoms with Crippen molar-refractivity contribution in [3.8, 4) is 0 Å². The van der Waals surface area contributed by atoms with Crippen LogP contribution in [-0.2, 0) is 4.74 Å². The van der Waals surface area contributed by atoms with Crippen LogP contribution in [-0.4, -0.2) is 43.3 Å². The Hall–Kier alpha value is -0.120. The van der Waals surface area contributed by atoms with Crippen LogP contribution in [0.4, 0.5) is 0 Å². The molecular formula is C12H26N2O. The van der Waals surface area contributed by atoms with Gasteiger partial charge in [0.25, 0.3) is 0 Å². The summed E-state index contributed by atoms with van der Waals surface area (Å²) in [4.78, 5) is 2.57. The van der Waals surface area contributed by atoms with Crippen LogP contribution in [0, 0.1) is 0 Å². The topological polar surface area (TPSA) is 38.5 Å². The van der Waals surface area contributed by atoms with E-state index in [1.54, 1.807) is 0 Å². The van der Waals surface area contributed by atoms with E-state index in [9.17, 15) is 0 Å². The molecule has 0 aromatic rings. The van der Waals surface area contributed by atoms with E-state index in [4.69, 9.17) is 10.5 Å². The molecule has 2 atom stereocenters.